The predicted octanol–water partition coefficient (Wildman–Crippen LogP) is 3.86. The standard InChI is InChI=1S/C14H24O2/c1-5-14(10-9-13(2)3)16-12-8-6-7-11-15-4/h5,9-10H,2,6-8,11-12H2,1,3-4H3/b10-9-,14-5+. The highest BCUT2D eigenvalue weighted by Gasteiger charge is 1.93. The van der Waals surface area contributed by atoms with Crippen molar-refractivity contribution in [3.8, 4) is 0 Å². The van der Waals surface area contributed by atoms with E-state index in [1.54, 1.807) is 7.11 Å². The summed E-state index contributed by atoms with van der Waals surface area (Å²) in [4.78, 5) is 0. The maximum atomic E-state index is 5.61. The molecule has 0 N–H and O–H groups in total. The second kappa shape index (κ2) is 10.5. The van der Waals surface area contributed by atoms with Crippen molar-refractivity contribution in [1.29, 1.82) is 0 Å². The molecule has 0 bridgehead atoms. The van der Waals surface area contributed by atoms with Crippen molar-refractivity contribution in [2.24, 2.45) is 0 Å². The Hall–Kier alpha value is -1.02. The fraction of sp³-hybridized carbons (Fsp3) is 0.571. The monoisotopic (exact) mass is 224 g/mol. The average Bonchev–Trinajstić information content (AvgIpc) is 2.27. The summed E-state index contributed by atoms with van der Waals surface area (Å²) < 4.78 is 10.6. The molecule has 0 aromatic carbocycles. The van der Waals surface area contributed by atoms with Crippen LogP contribution in [-0.2, 0) is 9.47 Å². The molecule has 0 amide bonds. The molecular formula is C14H24O2. The minimum absolute atomic E-state index is 0.768. The van der Waals surface area contributed by atoms with Crippen molar-refractivity contribution in [2.75, 3.05) is 20.3 Å². The quantitative estimate of drug-likeness (QED) is 0.336. The Morgan fingerprint density at radius 3 is 2.38 bits per heavy atom. The number of rotatable bonds is 9. The molecule has 0 rings (SSSR count). The molecule has 2 heteroatoms. The van der Waals surface area contributed by atoms with Crippen LogP contribution < -0.4 is 0 Å². The number of ether oxygens (including phenoxy) is 2. The molecule has 0 aliphatic rings. The van der Waals surface area contributed by atoms with Gasteiger partial charge in [-0.15, -0.1) is 0 Å². The van der Waals surface area contributed by atoms with Crippen LogP contribution in [-0.4, -0.2) is 20.3 Å². The van der Waals surface area contributed by atoms with Gasteiger partial charge in [0.05, 0.1) is 6.61 Å². The van der Waals surface area contributed by atoms with Crippen LogP contribution in [0.3, 0.4) is 0 Å². The highest BCUT2D eigenvalue weighted by atomic mass is 16.5. The fourth-order valence-electron chi connectivity index (χ4n) is 1.17. The zero-order chi connectivity index (χ0) is 12.2. The minimum atomic E-state index is 0.768. The molecule has 0 spiro atoms. The molecule has 0 aromatic rings. The molecule has 0 saturated carbocycles. The first kappa shape index (κ1) is 15.0. The molecule has 0 atom stereocenters. The molecule has 0 aromatic heterocycles. The van der Waals surface area contributed by atoms with E-state index in [9.17, 15) is 0 Å². The van der Waals surface area contributed by atoms with Gasteiger partial charge in [-0.2, -0.15) is 0 Å². The second-order valence-corrected chi connectivity index (χ2v) is 3.77. The fourth-order valence-corrected chi connectivity index (χ4v) is 1.17. The summed E-state index contributed by atoms with van der Waals surface area (Å²) in [6.07, 6.45) is 9.20. The number of unbranched alkanes of at least 4 members (excludes halogenated alkanes) is 2. The molecule has 0 saturated heterocycles. The summed E-state index contributed by atoms with van der Waals surface area (Å²) in [5.41, 5.74) is 1.03. The van der Waals surface area contributed by atoms with Crippen LogP contribution >= 0.6 is 0 Å². The molecule has 0 aliphatic heterocycles. The summed E-state index contributed by atoms with van der Waals surface area (Å²) in [7, 11) is 1.73. The number of allylic oxidation sites excluding steroid dienone is 4. The van der Waals surface area contributed by atoms with Gasteiger partial charge in [0, 0.05) is 13.7 Å². The Balaban J connectivity index is 3.61. The second-order valence-electron chi connectivity index (χ2n) is 3.77. The van der Waals surface area contributed by atoms with Gasteiger partial charge in [-0.1, -0.05) is 18.2 Å². The van der Waals surface area contributed by atoms with E-state index < -0.39 is 0 Å². The van der Waals surface area contributed by atoms with Crippen LogP contribution in [0.5, 0.6) is 0 Å². The summed E-state index contributed by atoms with van der Waals surface area (Å²) in [5, 5.41) is 0. The first-order chi connectivity index (χ1) is 7.70. The maximum absolute atomic E-state index is 5.61. The minimum Gasteiger partial charge on any atom is -0.494 e. The van der Waals surface area contributed by atoms with Crippen molar-refractivity contribution < 1.29 is 9.47 Å². The van der Waals surface area contributed by atoms with Crippen LogP contribution in [0.2, 0.25) is 0 Å². The number of hydrogen-bond acceptors (Lipinski definition) is 2. The Bertz CT molecular complexity index is 239. The Morgan fingerprint density at radius 1 is 1.12 bits per heavy atom. The summed E-state index contributed by atoms with van der Waals surface area (Å²) in [6, 6.07) is 0. The van der Waals surface area contributed by atoms with Gasteiger partial charge in [-0.05, 0) is 45.3 Å². The summed E-state index contributed by atoms with van der Waals surface area (Å²) in [5.74, 6) is 0.912. The molecule has 92 valence electrons. The van der Waals surface area contributed by atoms with E-state index in [1.165, 1.54) is 0 Å². The zero-order valence-electron chi connectivity index (χ0n) is 10.8. The van der Waals surface area contributed by atoms with Crippen LogP contribution in [0, 0.1) is 0 Å². The molecule has 0 fully saturated rings. The molecule has 0 radical (unpaired) electrons. The van der Waals surface area contributed by atoms with Gasteiger partial charge < -0.3 is 9.47 Å². The highest BCUT2D eigenvalue weighted by molar-refractivity contribution is 5.20. The van der Waals surface area contributed by atoms with E-state index in [-0.39, 0.29) is 0 Å². The molecule has 0 aliphatic carbocycles. The largest absolute Gasteiger partial charge is 0.494 e. The Kier molecular flexibility index (Phi) is 9.83. The lowest BCUT2D eigenvalue weighted by Crippen LogP contribution is -1.95. The van der Waals surface area contributed by atoms with Gasteiger partial charge in [0.25, 0.3) is 0 Å². The van der Waals surface area contributed by atoms with E-state index >= 15 is 0 Å². The lowest BCUT2D eigenvalue weighted by atomic mass is 10.2. The normalized spacial score (nSPS) is 12.1. The van der Waals surface area contributed by atoms with Gasteiger partial charge >= 0.3 is 0 Å². The van der Waals surface area contributed by atoms with Gasteiger partial charge in [0.1, 0.15) is 5.76 Å². The lowest BCUT2D eigenvalue weighted by Gasteiger charge is -2.06. The Morgan fingerprint density at radius 2 is 1.81 bits per heavy atom. The van der Waals surface area contributed by atoms with Gasteiger partial charge in [-0.3, -0.25) is 0 Å². The van der Waals surface area contributed by atoms with Crippen LogP contribution in [0.15, 0.2) is 36.1 Å². The number of methoxy groups -OCH3 is 1. The summed E-state index contributed by atoms with van der Waals surface area (Å²) >= 11 is 0. The van der Waals surface area contributed by atoms with Crippen LogP contribution in [0.25, 0.3) is 0 Å². The molecule has 0 unspecified atom stereocenters. The van der Waals surface area contributed by atoms with E-state index in [1.807, 2.05) is 32.1 Å². The maximum Gasteiger partial charge on any atom is 0.115 e. The van der Waals surface area contributed by atoms with E-state index in [0.29, 0.717) is 0 Å². The third kappa shape index (κ3) is 9.53. The zero-order valence-corrected chi connectivity index (χ0v) is 10.8. The van der Waals surface area contributed by atoms with Crippen molar-refractivity contribution >= 4 is 0 Å². The third-order valence-electron chi connectivity index (χ3n) is 2.08. The van der Waals surface area contributed by atoms with E-state index in [0.717, 1.165) is 43.8 Å². The lowest BCUT2D eigenvalue weighted by molar-refractivity contribution is 0.181. The highest BCUT2D eigenvalue weighted by Crippen LogP contribution is 2.05. The molecule has 2 nitrogen and oxygen atoms in total. The van der Waals surface area contributed by atoms with Crippen molar-refractivity contribution in [3.63, 3.8) is 0 Å². The first-order valence-electron chi connectivity index (χ1n) is 5.82. The topological polar surface area (TPSA) is 18.5 Å². The Labute approximate surface area is 99.6 Å². The average molecular weight is 224 g/mol. The smallest absolute Gasteiger partial charge is 0.115 e. The van der Waals surface area contributed by atoms with Crippen LogP contribution in [0.4, 0.5) is 0 Å². The van der Waals surface area contributed by atoms with E-state index in [2.05, 4.69) is 6.58 Å². The van der Waals surface area contributed by atoms with Crippen molar-refractivity contribution in [1.82, 2.24) is 0 Å². The SMILES string of the molecule is C=C(C)/C=C\C(=C/C)OCCCCCOC. The van der Waals surface area contributed by atoms with Crippen molar-refractivity contribution in [2.45, 2.75) is 33.1 Å². The predicted molar refractivity (Wildman–Crippen MR) is 69.4 cm³/mol. The molecular weight excluding hydrogens is 200 g/mol. The van der Waals surface area contributed by atoms with Gasteiger partial charge in [0.15, 0.2) is 0 Å². The van der Waals surface area contributed by atoms with E-state index in [4.69, 9.17) is 9.47 Å². The van der Waals surface area contributed by atoms with Gasteiger partial charge in [0.2, 0.25) is 0 Å². The number of hydrogen-bond donors (Lipinski definition) is 0. The van der Waals surface area contributed by atoms with Crippen LogP contribution in [0.1, 0.15) is 33.1 Å². The molecule has 16 heavy (non-hydrogen) atoms. The third-order valence-corrected chi connectivity index (χ3v) is 2.08. The summed E-state index contributed by atoms with van der Waals surface area (Å²) in [6.45, 7) is 9.36. The first-order valence-corrected chi connectivity index (χ1v) is 5.82. The van der Waals surface area contributed by atoms with Gasteiger partial charge in [-0.25, -0.2) is 0 Å². The van der Waals surface area contributed by atoms with Crippen molar-refractivity contribution in [3.05, 3.63) is 36.1 Å². The molecule has 0 heterocycles.